The zero-order valence-corrected chi connectivity index (χ0v) is 21.0. The number of carbonyl (C=O) groups is 2. The number of thiazole rings is 1. The van der Waals surface area contributed by atoms with Gasteiger partial charge in [-0.3, -0.25) is 4.79 Å². The van der Waals surface area contributed by atoms with Crippen molar-refractivity contribution in [2.75, 3.05) is 12.4 Å². The number of amides is 1. The van der Waals surface area contributed by atoms with Crippen molar-refractivity contribution in [1.82, 2.24) is 9.71 Å². The number of aromatic nitrogens is 1. The van der Waals surface area contributed by atoms with Gasteiger partial charge in [0.1, 0.15) is 6.04 Å². The molecule has 0 saturated carbocycles. The number of esters is 1. The molecule has 2 N–H and O–H groups in total. The van der Waals surface area contributed by atoms with E-state index in [-0.39, 0.29) is 10.8 Å². The fourth-order valence-electron chi connectivity index (χ4n) is 3.20. The summed E-state index contributed by atoms with van der Waals surface area (Å²) in [7, 11) is -2.56. The third-order valence-electron chi connectivity index (χ3n) is 4.99. The van der Waals surface area contributed by atoms with Gasteiger partial charge in [-0.2, -0.15) is 4.72 Å². The smallest absolute Gasteiger partial charge is 0.337 e. The predicted octanol–water partition coefficient (Wildman–Crippen LogP) is 4.24. The van der Waals surface area contributed by atoms with Crippen LogP contribution >= 0.6 is 11.3 Å². The molecule has 1 amide bonds. The maximum atomic E-state index is 13.0. The molecule has 1 aromatic heterocycles. The third kappa shape index (κ3) is 6.49. The van der Waals surface area contributed by atoms with Crippen LogP contribution in [0.3, 0.4) is 0 Å². The Morgan fingerprint density at radius 3 is 2.29 bits per heavy atom. The van der Waals surface area contributed by atoms with E-state index in [9.17, 15) is 18.0 Å². The molecular formula is C24H27N3O5S2. The Balaban J connectivity index is 1.74. The number of hydrogen-bond donors (Lipinski definition) is 2. The fourth-order valence-corrected chi connectivity index (χ4v) is 5.13. The lowest BCUT2D eigenvalue weighted by atomic mass is 10.0. The van der Waals surface area contributed by atoms with Gasteiger partial charge >= 0.3 is 5.97 Å². The topological polar surface area (TPSA) is 114 Å². The summed E-state index contributed by atoms with van der Waals surface area (Å²) in [6.45, 7) is 5.70. The summed E-state index contributed by atoms with van der Waals surface area (Å²) < 4.78 is 32.9. The van der Waals surface area contributed by atoms with Crippen LogP contribution in [0.2, 0.25) is 0 Å². The molecule has 0 fully saturated rings. The fraction of sp³-hybridized carbons (Fsp3) is 0.292. The number of nitrogens with zero attached hydrogens (tertiary/aromatic N) is 1. The van der Waals surface area contributed by atoms with E-state index in [4.69, 9.17) is 4.74 Å². The molecule has 3 aromatic rings. The van der Waals surface area contributed by atoms with E-state index in [1.165, 1.54) is 30.6 Å². The molecule has 1 atom stereocenters. The predicted molar refractivity (Wildman–Crippen MR) is 132 cm³/mol. The highest BCUT2D eigenvalue weighted by molar-refractivity contribution is 7.89. The summed E-state index contributed by atoms with van der Waals surface area (Å²) >= 11 is 1.23. The standard InChI is InChI=1S/C24H27N3O5S2/c1-15(2)13-20(27-34(30,31)19-11-5-16(3)6-12-19)22(28)26-24-25-21(14-33-24)17-7-9-18(10-8-17)23(29)32-4/h5-12,14-15,20,27H,13H2,1-4H3,(H,25,26,28). The number of ether oxygens (including phenoxy) is 1. The highest BCUT2D eigenvalue weighted by atomic mass is 32.2. The first-order valence-corrected chi connectivity index (χ1v) is 13.0. The van der Waals surface area contributed by atoms with E-state index in [1.807, 2.05) is 20.8 Å². The number of aryl methyl sites for hydroxylation is 1. The lowest BCUT2D eigenvalue weighted by molar-refractivity contribution is -0.118. The first kappa shape index (κ1) is 25.5. The van der Waals surface area contributed by atoms with Crippen LogP contribution in [0.15, 0.2) is 58.8 Å². The van der Waals surface area contributed by atoms with Gasteiger partial charge in [0.15, 0.2) is 5.13 Å². The van der Waals surface area contributed by atoms with Crippen molar-refractivity contribution in [3.63, 3.8) is 0 Å². The molecule has 1 unspecified atom stereocenters. The van der Waals surface area contributed by atoms with Crippen molar-refractivity contribution in [2.24, 2.45) is 5.92 Å². The second-order valence-corrected chi connectivity index (χ2v) is 10.8. The zero-order chi connectivity index (χ0) is 24.9. The summed E-state index contributed by atoms with van der Waals surface area (Å²) in [6, 6.07) is 12.2. The van der Waals surface area contributed by atoms with Crippen molar-refractivity contribution in [2.45, 2.75) is 38.1 Å². The van der Waals surface area contributed by atoms with Crippen LogP contribution in [0.1, 0.15) is 36.2 Å². The van der Waals surface area contributed by atoms with Gasteiger partial charge in [0.2, 0.25) is 15.9 Å². The minimum Gasteiger partial charge on any atom is -0.465 e. The van der Waals surface area contributed by atoms with E-state index < -0.39 is 27.9 Å². The van der Waals surface area contributed by atoms with Gasteiger partial charge in [-0.05, 0) is 43.5 Å². The monoisotopic (exact) mass is 501 g/mol. The minimum atomic E-state index is -3.88. The van der Waals surface area contributed by atoms with Crippen LogP contribution in [-0.4, -0.2) is 38.4 Å². The molecule has 3 rings (SSSR count). The summed E-state index contributed by atoms with van der Waals surface area (Å²) in [5.74, 6) is -0.829. The normalized spacial score (nSPS) is 12.4. The van der Waals surface area contributed by atoms with Gasteiger partial charge < -0.3 is 10.1 Å². The van der Waals surface area contributed by atoms with E-state index in [0.29, 0.717) is 22.8 Å². The highest BCUT2D eigenvalue weighted by Crippen LogP contribution is 2.26. The lowest BCUT2D eigenvalue weighted by Crippen LogP contribution is -2.44. The van der Waals surface area contributed by atoms with Gasteiger partial charge in [0, 0.05) is 10.9 Å². The van der Waals surface area contributed by atoms with Gasteiger partial charge in [-0.25, -0.2) is 18.2 Å². The number of nitrogens with one attached hydrogen (secondary N) is 2. The first-order chi connectivity index (χ1) is 16.1. The number of rotatable bonds is 9. The average molecular weight is 502 g/mol. The van der Waals surface area contributed by atoms with Crippen LogP contribution in [0.25, 0.3) is 11.3 Å². The van der Waals surface area contributed by atoms with Gasteiger partial charge in [0.05, 0.1) is 23.3 Å². The summed E-state index contributed by atoms with van der Waals surface area (Å²) in [4.78, 5) is 29.1. The molecule has 0 bridgehead atoms. The summed E-state index contributed by atoms with van der Waals surface area (Å²) in [6.07, 6.45) is 0.324. The molecule has 2 aromatic carbocycles. The van der Waals surface area contributed by atoms with E-state index in [1.54, 1.807) is 41.8 Å². The van der Waals surface area contributed by atoms with E-state index in [2.05, 4.69) is 15.0 Å². The van der Waals surface area contributed by atoms with Gasteiger partial charge in [0.25, 0.3) is 0 Å². The maximum Gasteiger partial charge on any atom is 0.337 e. The Kier molecular flexibility index (Phi) is 8.19. The van der Waals surface area contributed by atoms with Gasteiger partial charge in [-0.15, -0.1) is 11.3 Å². The molecule has 180 valence electrons. The molecule has 34 heavy (non-hydrogen) atoms. The number of methoxy groups -OCH3 is 1. The van der Waals surface area contributed by atoms with Crippen molar-refractivity contribution in [1.29, 1.82) is 0 Å². The molecule has 8 nitrogen and oxygen atoms in total. The second kappa shape index (κ2) is 10.9. The van der Waals surface area contributed by atoms with Gasteiger partial charge in [-0.1, -0.05) is 43.7 Å². The van der Waals surface area contributed by atoms with E-state index >= 15 is 0 Å². The average Bonchev–Trinajstić information content (AvgIpc) is 3.26. The zero-order valence-electron chi connectivity index (χ0n) is 19.4. The molecule has 0 spiro atoms. The van der Waals surface area contributed by atoms with Crippen LogP contribution in [0.4, 0.5) is 5.13 Å². The largest absolute Gasteiger partial charge is 0.465 e. The Bertz CT molecular complexity index is 1250. The van der Waals surface area contributed by atoms with Crippen molar-refractivity contribution in [3.05, 3.63) is 65.0 Å². The first-order valence-electron chi connectivity index (χ1n) is 10.6. The number of anilines is 1. The molecule has 1 heterocycles. The van der Waals surface area contributed by atoms with Crippen LogP contribution in [-0.2, 0) is 19.6 Å². The number of benzene rings is 2. The molecule has 0 aliphatic rings. The van der Waals surface area contributed by atoms with Crippen molar-refractivity contribution < 1.29 is 22.7 Å². The molecule has 10 heteroatoms. The number of hydrogen-bond acceptors (Lipinski definition) is 7. The van der Waals surface area contributed by atoms with Crippen molar-refractivity contribution >= 4 is 38.4 Å². The van der Waals surface area contributed by atoms with Crippen LogP contribution in [0.5, 0.6) is 0 Å². The highest BCUT2D eigenvalue weighted by Gasteiger charge is 2.27. The number of carbonyl (C=O) groups excluding carboxylic acids is 2. The maximum absolute atomic E-state index is 13.0. The quantitative estimate of drug-likeness (QED) is 0.424. The Morgan fingerprint density at radius 2 is 1.71 bits per heavy atom. The SMILES string of the molecule is COC(=O)c1ccc(-c2csc(NC(=O)C(CC(C)C)NS(=O)(=O)c3ccc(C)cc3)n2)cc1. The summed E-state index contributed by atoms with van der Waals surface area (Å²) in [5.41, 5.74) is 2.75. The van der Waals surface area contributed by atoms with Crippen molar-refractivity contribution in [3.8, 4) is 11.3 Å². The minimum absolute atomic E-state index is 0.0802. The molecule has 0 radical (unpaired) electrons. The Labute approximate surface area is 203 Å². The second-order valence-electron chi connectivity index (χ2n) is 8.21. The molecule has 0 aliphatic carbocycles. The Hall–Kier alpha value is -3.08. The van der Waals surface area contributed by atoms with Crippen LogP contribution < -0.4 is 10.0 Å². The molecular weight excluding hydrogens is 474 g/mol. The summed E-state index contributed by atoms with van der Waals surface area (Å²) in [5, 5.41) is 4.85. The van der Waals surface area contributed by atoms with Crippen LogP contribution in [0, 0.1) is 12.8 Å². The molecule has 0 saturated heterocycles. The molecule has 0 aliphatic heterocycles. The third-order valence-corrected chi connectivity index (χ3v) is 7.23. The number of sulfonamides is 1. The van der Waals surface area contributed by atoms with E-state index in [0.717, 1.165) is 11.1 Å². The Morgan fingerprint density at radius 1 is 1.06 bits per heavy atom. The lowest BCUT2D eigenvalue weighted by Gasteiger charge is -2.19.